The highest BCUT2D eigenvalue weighted by molar-refractivity contribution is 5.87. The Bertz CT molecular complexity index is 697. The number of halogens is 2. The molecule has 0 radical (unpaired) electrons. The van der Waals surface area contributed by atoms with E-state index >= 15 is 0 Å². The minimum Gasteiger partial charge on any atom is -0.466 e. The molecule has 0 atom stereocenters. The first-order valence-corrected chi connectivity index (χ1v) is 5.55. The number of rotatable bonds is 3. The van der Waals surface area contributed by atoms with Gasteiger partial charge >= 0.3 is 5.97 Å². The van der Waals surface area contributed by atoms with Crippen LogP contribution in [0.15, 0.2) is 16.9 Å². The molecule has 0 aliphatic heterocycles. The minimum atomic E-state index is -0.870. The van der Waals surface area contributed by atoms with Crippen LogP contribution < -0.4 is 5.56 Å². The van der Waals surface area contributed by atoms with Crippen molar-refractivity contribution in [2.75, 3.05) is 6.61 Å². The molecule has 0 bridgehead atoms. The number of hydrogen-bond donors (Lipinski definition) is 1. The van der Waals surface area contributed by atoms with Gasteiger partial charge < -0.3 is 4.74 Å². The Morgan fingerprint density at radius 3 is 2.58 bits per heavy atom. The van der Waals surface area contributed by atoms with Gasteiger partial charge in [0.1, 0.15) is 11.6 Å². The van der Waals surface area contributed by atoms with Crippen molar-refractivity contribution in [3.8, 4) is 0 Å². The van der Waals surface area contributed by atoms with Gasteiger partial charge in [-0.2, -0.15) is 5.10 Å². The summed E-state index contributed by atoms with van der Waals surface area (Å²) < 4.78 is 32.0. The maximum atomic E-state index is 13.7. The molecule has 0 unspecified atom stereocenters. The number of H-pyrrole nitrogens is 1. The molecule has 7 heteroatoms. The largest absolute Gasteiger partial charge is 0.466 e. The van der Waals surface area contributed by atoms with Gasteiger partial charge in [-0.25, -0.2) is 13.9 Å². The third-order valence-corrected chi connectivity index (χ3v) is 2.53. The maximum Gasteiger partial charge on any atom is 0.311 e. The summed E-state index contributed by atoms with van der Waals surface area (Å²) in [5.74, 6) is -2.31. The lowest BCUT2D eigenvalue weighted by molar-refractivity contribution is -0.142. The molecule has 19 heavy (non-hydrogen) atoms. The zero-order valence-electron chi connectivity index (χ0n) is 10.00. The van der Waals surface area contributed by atoms with Crippen LogP contribution in [0.2, 0.25) is 0 Å². The highest BCUT2D eigenvalue weighted by Gasteiger charge is 2.17. The number of aromatic amines is 1. The number of esters is 1. The average Bonchev–Trinajstić information content (AvgIpc) is 2.36. The maximum absolute atomic E-state index is 13.7. The standard InChI is InChI=1S/C12H10F2N2O3/c1-2-19-9(17)5-8-10-6(13)3-4-7(14)11(10)12(18)16-15-8/h3-4H,2,5H2,1H3,(H,16,18). The Balaban J connectivity index is 2.63. The summed E-state index contributed by atoms with van der Waals surface area (Å²) in [5.41, 5.74) is -0.912. The number of nitrogens with zero attached hydrogens (tertiary/aromatic N) is 1. The van der Waals surface area contributed by atoms with Crippen molar-refractivity contribution < 1.29 is 18.3 Å². The van der Waals surface area contributed by atoms with E-state index < -0.39 is 28.5 Å². The van der Waals surface area contributed by atoms with Crippen LogP contribution in [0.1, 0.15) is 12.6 Å². The molecule has 0 aliphatic carbocycles. The van der Waals surface area contributed by atoms with Gasteiger partial charge in [0.2, 0.25) is 0 Å². The van der Waals surface area contributed by atoms with Gasteiger partial charge in [0, 0.05) is 5.39 Å². The quantitative estimate of drug-likeness (QED) is 0.852. The Morgan fingerprint density at radius 2 is 1.95 bits per heavy atom. The number of hydrogen-bond acceptors (Lipinski definition) is 4. The molecular formula is C12H10F2N2O3. The molecular weight excluding hydrogens is 258 g/mol. The lowest BCUT2D eigenvalue weighted by atomic mass is 10.1. The fourth-order valence-corrected chi connectivity index (χ4v) is 1.76. The SMILES string of the molecule is CCOC(=O)Cc1n[nH]c(=O)c2c(F)ccc(F)c12. The predicted octanol–water partition coefficient (Wildman–Crippen LogP) is 1.31. The lowest BCUT2D eigenvalue weighted by Gasteiger charge is -2.06. The molecule has 0 fully saturated rings. The van der Waals surface area contributed by atoms with Crippen molar-refractivity contribution in [1.29, 1.82) is 0 Å². The van der Waals surface area contributed by atoms with Crippen LogP contribution in [0.25, 0.3) is 10.8 Å². The highest BCUT2D eigenvalue weighted by atomic mass is 19.1. The third kappa shape index (κ3) is 2.44. The summed E-state index contributed by atoms with van der Waals surface area (Å²) in [6.45, 7) is 1.79. The summed E-state index contributed by atoms with van der Waals surface area (Å²) in [6, 6.07) is 1.73. The van der Waals surface area contributed by atoms with E-state index in [4.69, 9.17) is 4.74 Å². The van der Waals surface area contributed by atoms with E-state index in [-0.39, 0.29) is 24.1 Å². The van der Waals surface area contributed by atoms with Crippen molar-refractivity contribution >= 4 is 16.7 Å². The van der Waals surface area contributed by atoms with Gasteiger partial charge in [-0.3, -0.25) is 9.59 Å². The molecule has 0 amide bonds. The van der Waals surface area contributed by atoms with E-state index in [9.17, 15) is 18.4 Å². The summed E-state index contributed by atoms with van der Waals surface area (Å²) in [4.78, 5) is 22.8. The van der Waals surface area contributed by atoms with Crippen LogP contribution in [0.5, 0.6) is 0 Å². The van der Waals surface area contributed by atoms with Gasteiger partial charge in [-0.1, -0.05) is 0 Å². The second-order valence-corrected chi connectivity index (χ2v) is 3.76. The summed E-state index contributed by atoms with van der Waals surface area (Å²) in [5, 5.41) is 4.88. The molecule has 1 heterocycles. The van der Waals surface area contributed by atoms with Crippen molar-refractivity contribution in [2.45, 2.75) is 13.3 Å². The number of carbonyl (C=O) groups excluding carboxylic acids is 1. The second-order valence-electron chi connectivity index (χ2n) is 3.76. The fourth-order valence-electron chi connectivity index (χ4n) is 1.76. The Morgan fingerprint density at radius 1 is 1.32 bits per heavy atom. The number of benzene rings is 1. The smallest absolute Gasteiger partial charge is 0.311 e. The lowest BCUT2D eigenvalue weighted by Crippen LogP contribution is -2.17. The normalized spacial score (nSPS) is 10.7. The molecule has 0 saturated heterocycles. The van der Waals surface area contributed by atoms with E-state index in [0.717, 1.165) is 12.1 Å². The van der Waals surface area contributed by atoms with Crippen molar-refractivity contribution in [2.24, 2.45) is 0 Å². The summed E-state index contributed by atoms with van der Waals surface area (Å²) in [6.07, 6.45) is -0.346. The first-order chi connectivity index (χ1) is 9.04. The Hall–Kier alpha value is -2.31. The van der Waals surface area contributed by atoms with Crippen molar-refractivity contribution in [3.05, 3.63) is 39.8 Å². The van der Waals surface area contributed by atoms with Crippen molar-refractivity contribution in [1.82, 2.24) is 10.2 Å². The van der Waals surface area contributed by atoms with Crippen LogP contribution in [0, 0.1) is 11.6 Å². The van der Waals surface area contributed by atoms with Gasteiger partial charge in [-0.05, 0) is 19.1 Å². The predicted molar refractivity (Wildman–Crippen MR) is 62.6 cm³/mol. The van der Waals surface area contributed by atoms with E-state index in [1.807, 2.05) is 5.10 Å². The first kappa shape index (κ1) is 13.1. The van der Waals surface area contributed by atoms with E-state index in [1.54, 1.807) is 6.92 Å². The van der Waals surface area contributed by atoms with Crippen LogP contribution in [0.3, 0.4) is 0 Å². The molecule has 1 aromatic heterocycles. The summed E-state index contributed by atoms with van der Waals surface area (Å²) >= 11 is 0. The van der Waals surface area contributed by atoms with E-state index in [1.165, 1.54) is 0 Å². The van der Waals surface area contributed by atoms with Crippen LogP contribution in [-0.4, -0.2) is 22.8 Å². The zero-order valence-corrected chi connectivity index (χ0v) is 10.00. The zero-order chi connectivity index (χ0) is 14.0. The number of nitrogens with one attached hydrogen (secondary N) is 1. The van der Waals surface area contributed by atoms with Gasteiger partial charge in [0.05, 0.1) is 24.1 Å². The van der Waals surface area contributed by atoms with Crippen LogP contribution >= 0.6 is 0 Å². The second kappa shape index (κ2) is 5.13. The molecule has 2 aromatic rings. The molecule has 0 aliphatic rings. The molecule has 0 saturated carbocycles. The number of fused-ring (bicyclic) bond motifs is 1. The molecule has 1 N–H and O–H groups in total. The number of carbonyl (C=O) groups is 1. The van der Waals surface area contributed by atoms with Gasteiger partial charge in [0.15, 0.2) is 0 Å². The van der Waals surface area contributed by atoms with Gasteiger partial charge in [-0.15, -0.1) is 0 Å². The molecule has 2 rings (SSSR count). The Labute approximate surface area is 106 Å². The molecule has 5 nitrogen and oxygen atoms in total. The van der Waals surface area contributed by atoms with E-state index in [2.05, 4.69) is 5.10 Å². The fraction of sp³-hybridized carbons (Fsp3) is 0.250. The van der Waals surface area contributed by atoms with Crippen molar-refractivity contribution in [3.63, 3.8) is 0 Å². The summed E-state index contributed by atoms with van der Waals surface area (Å²) in [7, 11) is 0. The van der Waals surface area contributed by atoms with E-state index in [0.29, 0.717) is 0 Å². The molecule has 100 valence electrons. The first-order valence-electron chi connectivity index (χ1n) is 5.55. The topological polar surface area (TPSA) is 72.0 Å². The molecule has 0 spiro atoms. The number of aromatic nitrogens is 2. The highest BCUT2D eigenvalue weighted by Crippen LogP contribution is 2.20. The Kier molecular flexibility index (Phi) is 3.55. The third-order valence-electron chi connectivity index (χ3n) is 2.53. The van der Waals surface area contributed by atoms with Gasteiger partial charge in [0.25, 0.3) is 5.56 Å². The van der Waals surface area contributed by atoms with Crippen LogP contribution in [-0.2, 0) is 16.0 Å². The van der Waals surface area contributed by atoms with Crippen LogP contribution in [0.4, 0.5) is 8.78 Å². The monoisotopic (exact) mass is 268 g/mol. The average molecular weight is 268 g/mol. The number of ether oxygens (including phenoxy) is 1. The minimum absolute atomic E-state index is 0.0648. The molecule has 1 aromatic carbocycles.